The third-order valence-corrected chi connectivity index (χ3v) is 10.0. The van der Waals surface area contributed by atoms with Crippen LogP contribution in [-0.2, 0) is 24.3 Å². The fourth-order valence-corrected chi connectivity index (χ4v) is 7.23. The maximum Gasteiger partial charge on any atom is 0.414 e. The number of phenolic OH excluding ortho intramolecular Hbond substituents is 1. The number of halogens is 1. The van der Waals surface area contributed by atoms with Gasteiger partial charge >= 0.3 is 6.09 Å². The summed E-state index contributed by atoms with van der Waals surface area (Å²) in [5.74, 6) is 0.537. The van der Waals surface area contributed by atoms with Crippen LogP contribution in [0.1, 0.15) is 41.2 Å². The van der Waals surface area contributed by atoms with Crippen molar-refractivity contribution in [2.24, 2.45) is 5.92 Å². The van der Waals surface area contributed by atoms with Crippen molar-refractivity contribution >= 4 is 22.7 Å². The minimum atomic E-state index is -0.832. The second-order valence-electron chi connectivity index (χ2n) is 13.6. The number of fused-ring (bicyclic) bond motifs is 4. The van der Waals surface area contributed by atoms with Gasteiger partial charge in [-0.3, -0.25) is 14.6 Å². The molecule has 3 aliphatic rings. The van der Waals surface area contributed by atoms with Crippen LogP contribution >= 0.6 is 0 Å². The maximum absolute atomic E-state index is 14.3. The van der Waals surface area contributed by atoms with Gasteiger partial charge in [-0.05, 0) is 110 Å². The van der Waals surface area contributed by atoms with Crippen molar-refractivity contribution in [2.75, 3.05) is 37.6 Å². The highest BCUT2D eigenvalue weighted by Gasteiger charge is 2.37. The molecule has 4 aromatic carbocycles. The smallest absolute Gasteiger partial charge is 0.414 e. The number of hydrogen-bond acceptors (Lipinski definition) is 8. The second kappa shape index (κ2) is 16.0. The lowest BCUT2D eigenvalue weighted by atomic mass is 9.86. The Morgan fingerprint density at radius 3 is 2.56 bits per heavy atom. The molecule has 0 aliphatic carbocycles. The Bertz CT molecular complexity index is 2080. The predicted octanol–water partition coefficient (Wildman–Crippen LogP) is 6.05. The van der Waals surface area contributed by atoms with Gasteiger partial charge in [0.15, 0.2) is 0 Å². The molecule has 10 nitrogen and oxygen atoms in total. The molecular formula is C41H43FN4O6. The molecule has 3 fully saturated rings. The maximum atomic E-state index is 14.3. The molecule has 270 valence electrons. The Morgan fingerprint density at radius 1 is 0.962 bits per heavy atom. The number of aromatic nitrogens is 1. The van der Waals surface area contributed by atoms with Crippen molar-refractivity contribution in [3.63, 3.8) is 0 Å². The van der Waals surface area contributed by atoms with E-state index in [9.17, 15) is 24.2 Å². The average molecular weight is 707 g/mol. The van der Waals surface area contributed by atoms with E-state index < -0.39 is 18.0 Å². The van der Waals surface area contributed by atoms with Crippen LogP contribution < -0.4 is 20.5 Å². The highest BCUT2D eigenvalue weighted by Crippen LogP contribution is 2.32. The summed E-state index contributed by atoms with van der Waals surface area (Å²) in [6, 6.07) is 27.8. The highest BCUT2D eigenvalue weighted by atomic mass is 19.1. The van der Waals surface area contributed by atoms with Gasteiger partial charge in [-0.2, -0.15) is 0 Å². The minimum absolute atomic E-state index is 0.0441. The Morgan fingerprint density at radius 2 is 1.75 bits per heavy atom. The number of nitrogens with one attached hydrogen (secondary N) is 2. The average Bonchev–Trinajstić information content (AvgIpc) is 3.16. The molecule has 2 atom stereocenters. The standard InChI is InChI=1S/C41H43FN4O6/c42-31-7-3-8-32(22-31)46(41(50)52-38-25-45-18-15-30(38)16-19-45)24-28-5-2-9-33(21-28)51-26-29-6-1-4-27(20-29)14-17-43-23-37(48)34-10-12-36(47)40-35(34)11-13-39(49)44-40/h1-13,20-22,30,37-38,43,47-48H,14-19,23-26H2,(H,44,49)/t37-,38-/m0/s1. The summed E-state index contributed by atoms with van der Waals surface area (Å²) in [7, 11) is 0. The first kappa shape index (κ1) is 35.2. The lowest BCUT2D eigenvalue weighted by Crippen LogP contribution is -2.53. The quantitative estimate of drug-likeness (QED) is 0.109. The monoisotopic (exact) mass is 706 g/mol. The summed E-state index contributed by atoms with van der Waals surface area (Å²) in [5.41, 5.74) is 3.96. The van der Waals surface area contributed by atoms with E-state index in [1.807, 2.05) is 42.5 Å². The number of pyridine rings is 1. The molecule has 0 spiro atoms. The van der Waals surface area contributed by atoms with Gasteiger partial charge in [-0.15, -0.1) is 0 Å². The van der Waals surface area contributed by atoms with Gasteiger partial charge in [0.2, 0.25) is 5.56 Å². The number of aromatic hydroxyl groups is 1. The van der Waals surface area contributed by atoms with Crippen LogP contribution in [0.15, 0.2) is 102 Å². The van der Waals surface area contributed by atoms with E-state index in [1.54, 1.807) is 24.3 Å². The first-order valence-corrected chi connectivity index (χ1v) is 17.8. The fraction of sp³-hybridized carbons (Fsp3) is 0.317. The number of amides is 1. The molecule has 3 saturated heterocycles. The van der Waals surface area contributed by atoms with Crippen LogP contribution in [-0.4, -0.2) is 65.0 Å². The van der Waals surface area contributed by atoms with Crippen molar-refractivity contribution in [1.82, 2.24) is 15.2 Å². The predicted molar refractivity (Wildman–Crippen MR) is 197 cm³/mol. The molecule has 0 radical (unpaired) electrons. The number of aromatic amines is 1. The number of hydrogen-bond donors (Lipinski definition) is 4. The summed E-state index contributed by atoms with van der Waals surface area (Å²) < 4.78 is 26.5. The molecule has 4 heterocycles. The van der Waals surface area contributed by atoms with Crippen molar-refractivity contribution in [1.29, 1.82) is 0 Å². The molecule has 8 rings (SSSR count). The van der Waals surface area contributed by atoms with E-state index in [0.717, 1.165) is 55.6 Å². The van der Waals surface area contributed by atoms with Crippen molar-refractivity contribution in [3.8, 4) is 11.5 Å². The lowest BCUT2D eigenvalue weighted by Gasteiger charge is -2.44. The second-order valence-corrected chi connectivity index (χ2v) is 13.6. The van der Waals surface area contributed by atoms with Gasteiger partial charge in [0.25, 0.3) is 0 Å². The van der Waals surface area contributed by atoms with Crippen molar-refractivity contribution < 1.29 is 28.9 Å². The highest BCUT2D eigenvalue weighted by molar-refractivity contribution is 5.88. The summed E-state index contributed by atoms with van der Waals surface area (Å²) >= 11 is 0. The lowest BCUT2D eigenvalue weighted by molar-refractivity contribution is -0.0311. The number of phenols is 1. The number of rotatable bonds is 13. The van der Waals surface area contributed by atoms with E-state index in [4.69, 9.17) is 9.47 Å². The summed E-state index contributed by atoms with van der Waals surface area (Å²) in [6.45, 7) is 4.28. The molecule has 0 saturated carbocycles. The molecule has 4 N–H and O–H groups in total. The number of anilines is 1. The van der Waals surface area contributed by atoms with Crippen LogP contribution in [0.4, 0.5) is 14.9 Å². The van der Waals surface area contributed by atoms with Gasteiger partial charge in [-0.1, -0.05) is 48.5 Å². The van der Waals surface area contributed by atoms with Crippen LogP contribution in [0.2, 0.25) is 0 Å². The zero-order valence-electron chi connectivity index (χ0n) is 28.8. The molecular weight excluding hydrogens is 663 g/mol. The third-order valence-electron chi connectivity index (χ3n) is 10.0. The fourth-order valence-electron chi connectivity index (χ4n) is 7.23. The largest absolute Gasteiger partial charge is 0.506 e. The molecule has 52 heavy (non-hydrogen) atoms. The van der Waals surface area contributed by atoms with E-state index >= 15 is 0 Å². The molecule has 2 bridgehead atoms. The number of aliphatic hydroxyl groups excluding tert-OH is 1. The number of benzene rings is 4. The zero-order valence-corrected chi connectivity index (χ0v) is 28.8. The molecule has 1 aromatic heterocycles. The van der Waals surface area contributed by atoms with Gasteiger partial charge in [0.05, 0.1) is 23.9 Å². The topological polar surface area (TPSA) is 127 Å². The van der Waals surface area contributed by atoms with E-state index in [-0.39, 0.29) is 24.0 Å². The Hall–Kier alpha value is -5.23. The molecule has 1 amide bonds. The number of nitrogens with zero attached hydrogens (tertiary/aromatic N) is 2. The molecule has 5 aromatic rings. The van der Waals surface area contributed by atoms with Crippen molar-refractivity contribution in [2.45, 2.75) is 44.6 Å². The summed E-state index contributed by atoms with van der Waals surface area (Å²) in [4.78, 5) is 31.8. The minimum Gasteiger partial charge on any atom is -0.506 e. The zero-order chi connectivity index (χ0) is 36.0. The Kier molecular flexibility index (Phi) is 10.8. The number of H-pyrrole nitrogens is 1. The number of ether oxygens (including phenoxy) is 2. The van der Waals surface area contributed by atoms with Gasteiger partial charge in [0.1, 0.15) is 30.0 Å². The first-order valence-electron chi connectivity index (χ1n) is 17.8. The van der Waals surface area contributed by atoms with Gasteiger partial charge < -0.3 is 30.0 Å². The normalized spacial score (nSPS) is 18.6. The summed E-state index contributed by atoms with van der Waals surface area (Å²) in [5, 5.41) is 24.9. The molecule has 0 unspecified atom stereocenters. The Labute approximate surface area is 301 Å². The van der Waals surface area contributed by atoms with Crippen LogP contribution in [0, 0.1) is 11.7 Å². The van der Waals surface area contributed by atoms with Crippen LogP contribution in [0.25, 0.3) is 10.9 Å². The number of piperidine rings is 3. The van der Waals surface area contributed by atoms with Crippen molar-refractivity contribution in [3.05, 3.63) is 135 Å². The first-order chi connectivity index (χ1) is 25.3. The molecule has 11 heteroatoms. The van der Waals surface area contributed by atoms with Crippen LogP contribution in [0.3, 0.4) is 0 Å². The number of carbonyl (C=O) groups is 1. The van der Waals surface area contributed by atoms with Crippen LogP contribution in [0.5, 0.6) is 11.5 Å². The van der Waals surface area contributed by atoms with E-state index in [0.29, 0.717) is 53.5 Å². The summed E-state index contributed by atoms with van der Waals surface area (Å²) in [6.07, 6.45) is 1.29. The number of carbonyl (C=O) groups excluding carboxylic acids is 1. The molecule has 3 aliphatic heterocycles. The number of aliphatic hydroxyl groups is 1. The van der Waals surface area contributed by atoms with Gasteiger partial charge in [-0.25, -0.2) is 9.18 Å². The third kappa shape index (κ3) is 8.45. The van der Waals surface area contributed by atoms with E-state index in [1.165, 1.54) is 29.2 Å². The van der Waals surface area contributed by atoms with E-state index in [2.05, 4.69) is 21.3 Å². The Balaban J connectivity index is 0.936. The SMILES string of the molecule is O=C(O[C@H]1CN2CCC1CC2)N(Cc1cccc(OCc2cccc(CCNC[C@H](O)c3ccc(O)c4[nH]c(=O)ccc34)c2)c1)c1cccc(F)c1. The van der Waals surface area contributed by atoms with Gasteiger partial charge in [0, 0.05) is 24.5 Å².